The Morgan fingerprint density at radius 3 is 2.56 bits per heavy atom. The van der Waals surface area contributed by atoms with Gasteiger partial charge in [-0.25, -0.2) is 0 Å². The fraction of sp³-hybridized carbons (Fsp3) is 0.179. The van der Waals surface area contributed by atoms with E-state index >= 15 is 0 Å². The third kappa shape index (κ3) is 7.25. The molecule has 11 heteroatoms. The van der Waals surface area contributed by atoms with Gasteiger partial charge in [-0.05, 0) is 94.6 Å². The number of hydrogen-bond acceptors (Lipinski definition) is 6. The summed E-state index contributed by atoms with van der Waals surface area (Å²) >= 11 is 14.0. The largest absolute Gasteiger partial charge is 0.490 e. The molecular weight excluding hydrogens is 672 g/mol. The van der Waals surface area contributed by atoms with Crippen molar-refractivity contribution in [2.45, 2.75) is 20.4 Å². The molecule has 4 rings (SSSR count). The minimum absolute atomic E-state index is 0.168. The number of nitrogens with zero attached hydrogens (tertiary/aromatic N) is 1. The number of rotatable bonds is 9. The summed E-state index contributed by atoms with van der Waals surface area (Å²) in [5, 5.41) is 2.96. The normalized spacial score (nSPS) is 14.2. The quantitative estimate of drug-likeness (QED) is 0.230. The first-order valence-corrected chi connectivity index (χ1v) is 14.6. The summed E-state index contributed by atoms with van der Waals surface area (Å²) in [6.45, 7) is 3.95. The van der Waals surface area contributed by atoms with Gasteiger partial charge in [0.05, 0.1) is 22.5 Å². The number of thioether (sulfide) groups is 1. The Balaban J connectivity index is 1.49. The van der Waals surface area contributed by atoms with Gasteiger partial charge in [-0.1, -0.05) is 51.8 Å². The maximum Gasteiger partial charge on any atom is 0.293 e. The van der Waals surface area contributed by atoms with Gasteiger partial charge < -0.3 is 14.8 Å². The second kappa shape index (κ2) is 13.0. The van der Waals surface area contributed by atoms with Crippen LogP contribution in [-0.2, 0) is 16.1 Å². The van der Waals surface area contributed by atoms with Crippen molar-refractivity contribution in [3.05, 3.63) is 90.2 Å². The summed E-state index contributed by atoms with van der Waals surface area (Å²) in [7, 11) is 0. The maximum absolute atomic E-state index is 13.0. The van der Waals surface area contributed by atoms with Crippen LogP contribution in [0.2, 0.25) is 5.02 Å². The van der Waals surface area contributed by atoms with Crippen molar-refractivity contribution in [2.75, 3.05) is 18.5 Å². The third-order valence-electron chi connectivity index (χ3n) is 5.59. The number of imide groups is 1. The van der Waals surface area contributed by atoms with Crippen molar-refractivity contribution in [3.8, 4) is 11.5 Å². The van der Waals surface area contributed by atoms with Crippen LogP contribution in [0.1, 0.15) is 23.6 Å². The van der Waals surface area contributed by atoms with Crippen LogP contribution in [0.5, 0.6) is 11.5 Å². The van der Waals surface area contributed by atoms with Gasteiger partial charge in [-0.15, -0.1) is 0 Å². The smallest absolute Gasteiger partial charge is 0.293 e. The molecule has 1 aliphatic heterocycles. The molecule has 1 saturated heterocycles. The Morgan fingerprint density at radius 2 is 1.85 bits per heavy atom. The molecule has 7 nitrogen and oxygen atoms in total. The zero-order chi connectivity index (χ0) is 28.1. The van der Waals surface area contributed by atoms with E-state index in [1.165, 1.54) is 4.90 Å². The van der Waals surface area contributed by atoms with Gasteiger partial charge in [-0.3, -0.25) is 19.3 Å². The predicted octanol–water partition coefficient (Wildman–Crippen LogP) is 7.83. The Labute approximate surface area is 252 Å². The number of halogens is 3. The van der Waals surface area contributed by atoms with Gasteiger partial charge in [0.15, 0.2) is 18.1 Å². The molecule has 0 spiro atoms. The van der Waals surface area contributed by atoms with Crippen LogP contribution in [-0.4, -0.2) is 35.2 Å². The number of carbonyl (C=O) groups excluding carboxylic acids is 3. The molecule has 0 aromatic heterocycles. The van der Waals surface area contributed by atoms with Crippen LogP contribution < -0.4 is 14.8 Å². The molecule has 1 aliphatic rings. The molecule has 3 amide bonds. The Kier molecular flexibility index (Phi) is 9.76. The fourth-order valence-corrected chi connectivity index (χ4v) is 5.67. The second-order valence-corrected chi connectivity index (χ2v) is 11.5. The molecule has 0 bridgehead atoms. The first kappa shape index (κ1) is 29.2. The predicted molar refractivity (Wildman–Crippen MR) is 161 cm³/mol. The molecule has 0 saturated carbocycles. The van der Waals surface area contributed by atoms with E-state index in [2.05, 4.69) is 37.2 Å². The summed E-state index contributed by atoms with van der Waals surface area (Å²) < 4.78 is 12.9. The van der Waals surface area contributed by atoms with Crippen molar-refractivity contribution in [3.63, 3.8) is 0 Å². The molecule has 202 valence electrons. The third-order valence-corrected chi connectivity index (χ3v) is 8.27. The molecular formula is C28H23Br2ClN2O5S. The van der Waals surface area contributed by atoms with Crippen molar-refractivity contribution in [1.29, 1.82) is 0 Å². The van der Waals surface area contributed by atoms with Crippen molar-refractivity contribution in [2.24, 2.45) is 0 Å². The van der Waals surface area contributed by atoms with Crippen LogP contribution in [0.15, 0.2) is 68.4 Å². The number of aryl methyl sites for hydroxylation is 1. The second-order valence-electron chi connectivity index (χ2n) is 8.42. The van der Waals surface area contributed by atoms with Gasteiger partial charge >= 0.3 is 0 Å². The van der Waals surface area contributed by atoms with E-state index in [-0.39, 0.29) is 30.2 Å². The lowest BCUT2D eigenvalue weighted by atomic mass is 10.1. The van der Waals surface area contributed by atoms with E-state index in [1.807, 2.05) is 44.2 Å². The van der Waals surface area contributed by atoms with Crippen molar-refractivity contribution in [1.82, 2.24) is 4.90 Å². The molecule has 1 fully saturated rings. The maximum atomic E-state index is 13.0. The highest BCUT2D eigenvalue weighted by Gasteiger charge is 2.35. The number of ether oxygens (including phenoxy) is 2. The molecule has 0 radical (unpaired) electrons. The lowest BCUT2D eigenvalue weighted by Gasteiger charge is -2.15. The number of anilines is 1. The van der Waals surface area contributed by atoms with E-state index < -0.39 is 0 Å². The number of amides is 3. The Morgan fingerprint density at radius 1 is 1.08 bits per heavy atom. The standard InChI is InChI=1S/C28H23Br2ClN2O5S/c1-3-37-23-11-17(12-24-27(35)33(28(36)39-24)14-18-6-4-5-7-20(18)29)10-21(30)26(23)38-15-25(34)32-19-9-8-16(2)22(31)13-19/h4-13H,3,14-15H2,1-2H3,(H,32,34)/b24-12-. The Bertz CT molecular complexity index is 1480. The SMILES string of the molecule is CCOc1cc(/C=C2\SC(=O)N(Cc3ccccc3Br)C2=O)cc(Br)c1OCC(=O)Nc1ccc(C)c(Cl)c1. The van der Waals surface area contributed by atoms with Crippen molar-refractivity contribution >= 4 is 84.0 Å². The average Bonchev–Trinajstić information content (AvgIpc) is 3.14. The van der Waals surface area contributed by atoms with E-state index in [0.29, 0.717) is 43.8 Å². The van der Waals surface area contributed by atoms with E-state index in [1.54, 1.807) is 30.3 Å². The highest BCUT2D eigenvalue weighted by molar-refractivity contribution is 9.10. The Hall–Kier alpha value is -2.79. The van der Waals surface area contributed by atoms with Crippen LogP contribution in [0.25, 0.3) is 6.08 Å². The number of benzene rings is 3. The first-order valence-electron chi connectivity index (χ1n) is 11.8. The summed E-state index contributed by atoms with van der Waals surface area (Å²) in [6, 6.07) is 16.1. The molecule has 39 heavy (non-hydrogen) atoms. The fourth-order valence-electron chi connectivity index (χ4n) is 3.66. The lowest BCUT2D eigenvalue weighted by molar-refractivity contribution is -0.123. The monoisotopic (exact) mass is 692 g/mol. The zero-order valence-corrected chi connectivity index (χ0v) is 25.7. The van der Waals surface area contributed by atoms with Gasteiger partial charge in [0.2, 0.25) is 0 Å². The van der Waals surface area contributed by atoms with E-state index in [4.69, 9.17) is 21.1 Å². The summed E-state index contributed by atoms with van der Waals surface area (Å²) in [5.41, 5.74) is 2.93. The summed E-state index contributed by atoms with van der Waals surface area (Å²) in [5.74, 6) is -0.0139. The van der Waals surface area contributed by atoms with Crippen LogP contribution in [0.4, 0.5) is 10.5 Å². The van der Waals surface area contributed by atoms with Gasteiger partial charge in [0, 0.05) is 15.2 Å². The number of carbonyl (C=O) groups is 3. The van der Waals surface area contributed by atoms with Crippen molar-refractivity contribution < 1.29 is 23.9 Å². The first-order chi connectivity index (χ1) is 18.7. The number of hydrogen-bond donors (Lipinski definition) is 1. The molecule has 0 aliphatic carbocycles. The van der Waals surface area contributed by atoms with Gasteiger partial charge in [0.1, 0.15) is 0 Å². The number of nitrogens with one attached hydrogen (secondary N) is 1. The highest BCUT2D eigenvalue weighted by atomic mass is 79.9. The summed E-state index contributed by atoms with van der Waals surface area (Å²) in [4.78, 5) is 39.7. The van der Waals surface area contributed by atoms with Gasteiger partial charge in [-0.2, -0.15) is 0 Å². The summed E-state index contributed by atoms with van der Waals surface area (Å²) in [6.07, 6.45) is 1.63. The van der Waals surface area contributed by atoms with Crippen LogP contribution in [0, 0.1) is 6.92 Å². The van der Waals surface area contributed by atoms with Crippen LogP contribution in [0.3, 0.4) is 0 Å². The molecule has 1 N–H and O–H groups in total. The molecule has 1 heterocycles. The molecule has 0 atom stereocenters. The highest BCUT2D eigenvalue weighted by Crippen LogP contribution is 2.40. The van der Waals surface area contributed by atoms with Crippen LogP contribution >= 0.6 is 55.2 Å². The van der Waals surface area contributed by atoms with Gasteiger partial charge in [0.25, 0.3) is 17.1 Å². The molecule has 0 unspecified atom stereocenters. The minimum atomic E-state index is -0.372. The molecule has 3 aromatic carbocycles. The van der Waals surface area contributed by atoms with E-state index in [9.17, 15) is 14.4 Å². The molecule has 3 aromatic rings. The lowest BCUT2D eigenvalue weighted by Crippen LogP contribution is -2.27. The zero-order valence-electron chi connectivity index (χ0n) is 20.9. The van der Waals surface area contributed by atoms with E-state index in [0.717, 1.165) is 27.4 Å². The average molecular weight is 695 g/mol. The topological polar surface area (TPSA) is 84.9 Å². The minimum Gasteiger partial charge on any atom is -0.490 e.